The van der Waals surface area contributed by atoms with Crippen LogP contribution in [0.15, 0.2) is 54.6 Å². The Labute approximate surface area is 131 Å². The summed E-state index contributed by atoms with van der Waals surface area (Å²) in [6.07, 6.45) is 0. The smallest absolute Gasteiger partial charge is 0.217 e. The van der Waals surface area contributed by atoms with E-state index in [1.165, 1.54) is 6.92 Å². The van der Waals surface area contributed by atoms with E-state index in [1.807, 2.05) is 30.3 Å². The summed E-state index contributed by atoms with van der Waals surface area (Å²) in [6, 6.07) is 18.0. The van der Waals surface area contributed by atoms with Gasteiger partial charge in [-0.05, 0) is 22.8 Å². The van der Waals surface area contributed by atoms with Gasteiger partial charge >= 0.3 is 0 Å². The number of ether oxygens (including phenoxy) is 2. The average Bonchev–Trinajstić information content (AvgIpc) is 2.55. The number of carbonyl (C=O) groups is 1. The van der Waals surface area contributed by atoms with Crippen molar-refractivity contribution >= 4 is 5.91 Å². The van der Waals surface area contributed by atoms with Gasteiger partial charge in [-0.15, -0.1) is 0 Å². The van der Waals surface area contributed by atoms with Crippen LogP contribution in [0, 0.1) is 0 Å². The van der Waals surface area contributed by atoms with E-state index < -0.39 is 0 Å². The maximum atomic E-state index is 11.4. The minimum absolute atomic E-state index is 0.0869. The number of benzene rings is 2. The SMILES string of the molecule is COCOC[C@@H](NC(C)=O)c1cccc(-c2ccccc2)c1. The van der Waals surface area contributed by atoms with E-state index >= 15 is 0 Å². The van der Waals surface area contributed by atoms with Crippen molar-refractivity contribution in [2.75, 3.05) is 20.5 Å². The van der Waals surface area contributed by atoms with Crippen LogP contribution in [0.2, 0.25) is 0 Å². The largest absolute Gasteiger partial charge is 0.359 e. The molecule has 116 valence electrons. The molecule has 0 fully saturated rings. The molecule has 2 aromatic carbocycles. The Bertz CT molecular complexity index is 598. The van der Waals surface area contributed by atoms with Gasteiger partial charge in [0.2, 0.25) is 5.91 Å². The minimum atomic E-state index is -0.198. The first-order chi connectivity index (χ1) is 10.7. The van der Waals surface area contributed by atoms with Gasteiger partial charge in [0.1, 0.15) is 6.79 Å². The van der Waals surface area contributed by atoms with E-state index in [1.54, 1.807) is 7.11 Å². The van der Waals surface area contributed by atoms with Crippen LogP contribution in [-0.4, -0.2) is 26.4 Å². The molecule has 0 unspecified atom stereocenters. The van der Waals surface area contributed by atoms with Crippen molar-refractivity contribution < 1.29 is 14.3 Å². The number of hydrogen-bond acceptors (Lipinski definition) is 3. The van der Waals surface area contributed by atoms with Crippen LogP contribution in [0.4, 0.5) is 0 Å². The summed E-state index contributed by atoms with van der Waals surface area (Å²) >= 11 is 0. The second-order valence-electron chi connectivity index (χ2n) is 5.02. The van der Waals surface area contributed by atoms with Gasteiger partial charge in [-0.2, -0.15) is 0 Å². The predicted molar refractivity (Wildman–Crippen MR) is 86.3 cm³/mol. The topological polar surface area (TPSA) is 47.6 Å². The summed E-state index contributed by atoms with van der Waals surface area (Å²) < 4.78 is 10.3. The number of methoxy groups -OCH3 is 1. The molecule has 22 heavy (non-hydrogen) atoms. The molecule has 0 aliphatic rings. The van der Waals surface area contributed by atoms with Gasteiger partial charge < -0.3 is 14.8 Å². The number of rotatable bonds is 7. The first-order valence-corrected chi connectivity index (χ1v) is 7.20. The van der Waals surface area contributed by atoms with E-state index in [2.05, 4.69) is 29.6 Å². The molecule has 1 N–H and O–H groups in total. The molecule has 0 bridgehead atoms. The minimum Gasteiger partial charge on any atom is -0.359 e. The van der Waals surface area contributed by atoms with Gasteiger partial charge in [0.25, 0.3) is 0 Å². The summed E-state index contributed by atoms with van der Waals surface area (Å²) in [5.74, 6) is -0.0869. The summed E-state index contributed by atoms with van der Waals surface area (Å²) in [4.78, 5) is 11.4. The van der Waals surface area contributed by atoms with Crippen LogP contribution in [0.25, 0.3) is 11.1 Å². The van der Waals surface area contributed by atoms with Gasteiger partial charge in [0.05, 0.1) is 12.6 Å². The maximum absolute atomic E-state index is 11.4. The van der Waals surface area contributed by atoms with E-state index in [-0.39, 0.29) is 18.7 Å². The molecular weight excluding hydrogens is 278 g/mol. The van der Waals surface area contributed by atoms with Crippen molar-refractivity contribution in [3.8, 4) is 11.1 Å². The van der Waals surface area contributed by atoms with Gasteiger partial charge in [-0.25, -0.2) is 0 Å². The van der Waals surface area contributed by atoms with Crippen LogP contribution in [0.3, 0.4) is 0 Å². The lowest BCUT2D eigenvalue weighted by Crippen LogP contribution is -2.29. The van der Waals surface area contributed by atoms with Gasteiger partial charge in [0, 0.05) is 14.0 Å². The Hall–Kier alpha value is -2.17. The Morgan fingerprint density at radius 2 is 1.82 bits per heavy atom. The summed E-state index contributed by atoms with van der Waals surface area (Å²) in [7, 11) is 1.57. The van der Waals surface area contributed by atoms with E-state index in [4.69, 9.17) is 9.47 Å². The van der Waals surface area contributed by atoms with Gasteiger partial charge in [0.15, 0.2) is 0 Å². The molecule has 2 aromatic rings. The van der Waals surface area contributed by atoms with E-state index in [0.29, 0.717) is 6.61 Å². The maximum Gasteiger partial charge on any atom is 0.217 e. The monoisotopic (exact) mass is 299 g/mol. The van der Waals surface area contributed by atoms with Crippen molar-refractivity contribution in [3.63, 3.8) is 0 Å². The normalized spacial score (nSPS) is 11.9. The zero-order valence-electron chi connectivity index (χ0n) is 12.9. The molecule has 4 nitrogen and oxygen atoms in total. The van der Waals surface area contributed by atoms with E-state index in [0.717, 1.165) is 16.7 Å². The molecule has 1 atom stereocenters. The van der Waals surface area contributed by atoms with Crippen molar-refractivity contribution in [1.82, 2.24) is 5.32 Å². The Kier molecular flexibility index (Phi) is 6.13. The third-order valence-electron chi connectivity index (χ3n) is 3.26. The van der Waals surface area contributed by atoms with Gasteiger partial charge in [-0.1, -0.05) is 48.5 Å². The first kappa shape index (κ1) is 16.2. The average molecular weight is 299 g/mol. The second-order valence-corrected chi connectivity index (χ2v) is 5.02. The first-order valence-electron chi connectivity index (χ1n) is 7.20. The zero-order chi connectivity index (χ0) is 15.8. The second kappa shape index (κ2) is 8.32. The van der Waals surface area contributed by atoms with Crippen LogP contribution < -0.4 is 5.32 Å². The van der Waals surface area contributed by atoms with Crippen molar-refractivity contribution in [3.05, 3.63) is 60.2 Å². The molecule has 0 saturated carbocycles. The van der Waals surface area contributed by atoms with E-state index in [9.17, 15) is 4.79 Å². The third kappa shape index (κ3) is 4.69. The van der Waals surface area contributed by atoms with Crippen LogP contribution in [-0.2, 0) is 14.3 Å². The molecular formula is C18H21NO3. The quantitative estimate of drug-likeness (QED) is 0.631. The van der Waals surface area contributed by atoms with Crippen LogP contribution in [0.5, 0.6) is 0 Å². The molecule has 0 aliphatic heterocycles. The molecule has 0 aromatic heterocycles. The highest BCUT2D eigenvalue weighted by molar-refractivity contribution is 5.73. The number of amides is 1. The fraction of sp³-hybridized carbons (Fsp3) is 0.278. The zero-order valence-corrected chi connectivity index (χ0v) is 12.9. The predicted octanol–water partition coefficient (Wildman–Crippen LogP) is 3.15. The summed E-state index contributed by atoms with van der Waals surface area (Å²) in [5.41, 5.74) is 3.26. The summed E-state index contributed by atoms with van der Waals surface area (Å²) in [5, 5.41) is 2.91. The lowest BCUT2D eigenvalue weighted by atomic mass is 10.00. The molecule has 4 heteroatoms. The van der Waals surface area contributed by atoms with Crippen molar-refractivity contribution in [2.45, 2.75) is 13.0 Å². The number of carbonyl (C=O) groups excluding carboxylic acids is 1. The Balaban J connectivity index is 2.21. The Morgan fingerprint density at radius 1 is 1.09 bits per heavy atom. The number of nitrogens with one attached hydrogen (secondary N) is 1. The number of hydrogen-bond donors (Lipinski definition) is 1. The lowest BCUT2D eigenvalue weighted by molar-refractivity contribution is -0.120. The highest BCUT2D eigenvalue weighted by Crippen LogP contribution is 2.23. The molecule has 1 amide bonds. The molecule has 2 rings (SSSR count). The standard InChI is InChI=1S/C18H21NO3/c1-14(20)19-18(12-22-13-21-2)17-10-6-9-16(11-17)15-7-4-3-5-8-15/h3-11,18H,12-13H2,1-2H3,(H,19,20)/t18-/m1/s1. The highest BCUT2D eigenvalue weighted by Gasteiger charge is 2.13. The molecule has 0 radical (unpaired) electrons. The molecule has 0 saturated heterocycles. The van der Waals surface area contributed by atoms with Gasteiger partial charge in [-0.3, -0.25) is 4.79 Å². The van der Waals surface area contributed by atoms with Crippen molar-refractivity contribution in [2.24, 2.45) is 0 Å². The molecule has 0 heterocycles. The molecule has 0 aliphatic carbocycles. The third-order valence-corrected chi connectivity index (χ3v) is 3.26. The fourth-order valence-electron chi connectivity index (χ4n) is 2.28. The van der Waals surface area contributed by atoms with Crippen LogP contribution >= 0.6 is 0 Å². The highest BCUT2D eigenvalue weighted by atomic mass is 16.7. The molecule has 0 spiro atoms. The summed E-state index contributed by atoms with van der Waals surface area (Å²) in [6.45, 7) is 2.07. The van der Waals surface area contributed by atoms with Crippen LogP contribution in [0.1, 0.15) is 18.5 Å². The van der Waals surface area contributed by atoms with Crippen molar-refractivity contribution in [1.29, 1.82) is 0 Å². The Morgan fingerprint density at radius 3 is 2.50 bits per heavy atom. The fourth-order valence-corrected chi connectivity index (χ4v) is 2.28. The lowest BCUT2D eigenvalue weighted by Gasteiger charge is -2.19.